The molecule has 1 atom stereocenters. The quantitative estimate of drug-likeness (QED) is 0.758. The summed E-state index contributed by atoms with van der Waals surface area (Å²) in [5, 5.41) is 6.94. The SMILES string of the molecule is Cc1ncc(C(=O)N[C@@H](C)c2cnn(-c3ccc(F)cc3)c2)c(=O)[nH]1. The normalized spacial score (nSPS) is 12.0. The molecule has 128 valence electrons. The maximum Gasteiger partial charge on any atom is 0.263 e. The monoisotopic (exact) mass is 341 g/mol. The molecule has 7 nitrogen and oxygen atoms in total. The van der Waals surface area contributed by atoms with E-state index in [9.17, 15) is 14.0 Å². The summed E-state index contributed by atoms with van der Waals surface area (Å²) >= 11 is 0. The molecule has 2 N–H and O–H groups in total. The van der Waals surface area contributed by atoms with Crippen LogP contribution in [-0.2, 0) is 0 Å². The Balaban J connectivity index is 1.75. The van der Waals surface area contributed by atoms with Crippen LogP contribution in [-0.4, -0.2) is 25.7 Å². The Kier molecular flexibility index (Phi) is 4.42. The van der Waals surface area contributed by atoms with Crippen molar-refractivity contribution in [1.82, 2.24) is 25.1 Å². The lowest BCUT2D eigenvalue weighted by Gasteiger charge is -2.11. The molecule has 0 bridgehead atoms. The number of hydrogen-bond donors (Lipinski definition) is 2. The van der Waals surface area contributed by atoms with Crippen molar-refractivity contribution >= 4 is 5.91 Å². The molecule has 25 heavy (non-hydrogen) atoms. The van der Waals surface area contributed by atoms with Gasteiger partial charge in [-0.3, -0.25) is 9.59 Å². The summed E-state index contributed by atoms with van der Waals surface area (Å²) in [5.74, 6) is -0.403. The molecule has 0 spiro atoms. The number of rotatable bonds is 4. The summed E-state index contributed by atoms with van der Waals surface area (Å²) in [5.41, 5.74) is 0.905. The van der Waals surface area contributed by atoms with E-state index >= 15 is 0 Å². The minimum absolute atomic E-state index is 0.0524. The van der Waals surface area contributed by atoms with Gasteiger partial charge in [0, 0.05) is 18.0 Å². The van der Waals surface area contributed by atoms with Crippen LogP contribution in [0, 0.1) is 12.7 Å². The molecule has 0 aliphatic carbocycles. The van der Waals surface area contributed by atoms with Gasteiger partial charge in [0.05, 0.1) is 17.9 Å². The van der Waals surface area contributed by atoms with E-state index < -0.39 is 11.5 Å². The number of aryl methyl sites for hydroxylation is 1. The molecule has 0 fully saturated rings. The predicted octanol–water partition coefficient (Wildman–Crippen LogP) is 1.89. The van der Waals surface area contributed by atoms with Crippen LogP contribution < -0.4 is 10.9 Å². The minimum atomic E-state index is -0.518. The predicted molar refractivity (Wildman–Crippen MR) is 89.0 cm³/mol. The fraction of sp³-hybridized carbons (Fsp3) is 0.176. The standard InChI is InChI=1S/C17H16FN5O2/c1-10(21-16(24)15-8-19-11(2)22-17(15)25)12-7-20-23(9-12)14-5-3-13(18)4-6-14/h3-10H,1-2H3,(H,21,24)(H,19,22,25)/t10-/m0/s1. The van der Waals surface area contributed by atoms with Crippen LogP contribution in [0.4, 0.5) is 4.39 Å². The van der Waals surface area contributed by atoms with Crippen molar-refractivity contribution < 1.29 is 9.18 Å². The molecular weight excluding hydrogens is 325 g/mol. The summed E-state index contributed by atoms with van der Waals surface area (Å²) < 4.78 is 14.6. The number of carbonyl (C=O) groups is 1. The number of benzene rings is 1. The first-order valence-corrected chi connectivity index (χ1v) is 7.61. The largest absolute Gasteiger partial charge is 0.345 e. The second-order valence-electron chi connectivity index (χ2n) is 5.60. The van der Waals surface area contributed by atoms with E-state index in [-0.39, 0.29) is 17.4 Å². The number of hydrogen-bond acceptors (Lipinski definition) is 4. The summed E-state index contributed by atoms with van der Waals surface area (Å²) in [6.07, 6.45) is 4.58. The van der Waals surface area contributed by atoms with Gasteiger partial charge in [-0.05, 0) is 38.1 Å². The highest BCUT2D eigenvalue weighted by molar-refractivity contribution is 5.93. The highest BCUT2D eigenvalue weighted by Gasteiger charge is 2.16. The van der Waals surface area contributed by atoms with E-state index in [1.54, 1.807) is 43.1 Å². The lowest BCUT2D eigenvalue weighted by atomic mass is 10.2. The van der Waals surface area contributed by atoms with Crippen LogP contribution in [0.1, 0.15) is 34.7 Å². The van der Waals surface area contributed by atoms with Gasteiger partial charge in [0.2, 0.25) is 0 Å². The summed E-state index contributed by atoms with van der Waals surface area (Å²) in [6, 6.07) is 5.53. The molecule has 3 rings (SSSR count). The second-order valence-corrected chi connectivity index (χ2v) is 5.60. The third-order valence-corrected chi connectivity index (χ3v) is 3.71. The zero-order valence-electron chi connectivity index (χ0n) is 13.7. The molecule has 0 unspecified atom stereocenters. The van der Waals surface area contributed by atoms with Crippen LogP contribution in [0.3, 0.4) is 0 Å². The average Bonchev–Trinajstić information content (AvgIpc) is 3.05. The number of amides is 1. The van der Waals surface area contributed by atoms with Crippen molar-refractivity contribution in [2.75, 3.05) is 0 Å². The molecule has 0 saturated heterocycles. The number of carbonyl (C=O) groups excluding carboxylic acids is 1. The minimum Gasteiger partial charge on any atom is -0.345 e. The highest BCUT2D eigenvalue weighted by atomic mass is 19.1. The number of aromatic amines is 1. The molecule has 3 aromatic rings. The fourth-order valence-corrected chi connectivity index (χ4v) is 2.30. The van der Waals surface area contributed by atoms with Gasteiger partial charge in [-0.25, -0.2) is 14.1 Å². The molecule has 0 aliphatic rings. The maximum absolute atomic E-state index is 13.0. The maximum atomic E-state index is 13.0. The molecule has 8 heteroatoms. The molecule has 2 heterocycles. The molecule has 0 saturated carbocycles. The summed E-state index contributed by atoms with van der Waals surface area (Å²) in [6.45, 7) is 3.41. The molecule has 0 radical (unpaired) electrons. The summed E-state index contributed by atoms with van der Waals surface area (Å²) in [4.78, 5) is 30.5. The number of halogens is 1. The van der Waals surface area contributed by atoms with Crippen molar-refractivity contribution in [3.05, 3.63) is 76.0 Å². The third kappa shape index (κ3) is 3.63. The first-order valence-electron chi connectivity index (χ1n) is 7.61. The van der Waals surface area contributed by atoms with Gasteiger partial charge in [-0.1, -0.05) is 0 Å². The van der Waals surface area contributed by atoms with Crippen molar-refractivity contribution in [2.24, 2.45) is 0 Å². The van der Waals surface area contributed by atoms with Crippen LogP contribution in [0.25, 0.3) is 5.69 Å². The average molecular weight is 341 g/mol. The van der Waals surface area contributed by atoms with Gasteiger partial charge < -0.3 is 10.3 Å². The zero-order valence-corrected chi connectivity index (χ0v) is 13.7. The van der Waals surface area contributed by atoms with Crippen LogP contribution in [0.5, 0.6) is 0 Å². The molecule has 1 aromatic carbocycles. The highest BCUT2D eigenvalue weighted by Crippen LogP contribution is 2.15. The smallest absolute Gasteiger partial charge is 0.263 e. The Bertz CT molecular complexity index is 962. The lowest BCUT2D eigenvalue weighted by molar-refractivity contribution is 0.0938. The fourth-order valence-electron chi connectivity index (χ4n) is 2.30. The van der Waals surface area contributed by atoms with E-state index in [0.29, 0.717) is 11.5 Å². The van der Waals surface area contributed by atoms with Crippen molar-refractivity contribution in [3.8, 4) is 5.69 Å². The number of nitrogens with zero attached hydrogens (tertiary/aromatic N) is 3. The Hall–Kier alpha value is -3.29. The van der Waals surface area contributed by atoms with Crippen LogP contribution in [0.15, 0.2) is 47.7 Å². The zero-order chi connectivity index (χ0) is 18.0. The molecule has 0 aliphatic heterocycles. The van der Waals surface area contributed by atoms with Gasteiger partial charge in [0.15, 0.2) is 0 Å². The molecule has 2 aromatic heterocycles. The first-order chi connectivity index (χ1) is 11.9. The Morgan fingerprint density at radius 2 is 2.00 bits per heavy atom. The van der Waals surface area contributed by atoms with E-state index in [4.69, 9.17) is 0 Å². The van der Waals surface area contributed by atoms with Gasteiger partial charge in [-0.15, -0.1) is 0 Å². The second kappa shape index (κ2) is 6.68. The van der Waals surface area contributed by atoms with Crippen molar-refractivity contribution in [1.29, 1.82) is 0 Å². The van der Waals surface area contributed by atoms with Crippen molar-refractivity contribution in [3.63, 3.8) is 0 Å². The van der Waals surface area contributed by atoms with Gasteiger partial charge in [0.1, 0.15) is 17.2 Å². The summed E-state index contributed by atoms with van der Waals surface area (Å²) in [7, 11) is 0. The first kappa shape index (κ1) is 16.6. The van der Waals surface area contributed by atoms with Gasteiger partial charge >= 0.3 is 0 Å². The van der Waals surface area contributed by atoms with Gasteiger partial charge in [0.25, 0.3) is 11.5 Å². The van der Waals surface area contributed by atoms with Gasteiger partial charge in [-0.2, -0.15) is 5.10 Å². The van der Waals surface area contributed by atoms with Crippen LogP contribution in [0.2, 0.25) is 0 Å². The number of aromatic nitrogens is 4. The number of H-pyrrole nitrogens is 1. The lowest BCUT2D eigenvalue weighted by Crippen LogP contribution is -2.32. The van der Waals surface area contributed by atoms with E-state index in [1.165, 1.54) is 18.3 Å². The molecular formula is C17H16FN5O2. The topological polar surface area (TPSA) is 92.7 Å². The Morgan fingerprint density at radius 3 is 2.68 bits per heavy atom. The van der Waals surface area contributed by atoms with E-state index in [2.05, 4.69) is 20.4 Å². The Labute approximate surface area is 142 Å². The van der Waals surface area contributed by atoms with E-state index in [1.807, 2.05) is 0 Å². The number of nitrogens with one attached hydrogen (secondary N) is 2. The van der Waals surface area contributed by atoms with Crippen molar-refractivity contribution in [2.45, 2.75) is 19.9 Å². The third-order valence-electron chi connectivity index (χ3n) is 3.71. The van der Waals surface area contributed by atoms with E-state index in [0.717, 1.165) is 5.56 Å². The van der Waals surface area contributed by atoms with Crippen LogP contribution >= 0.6 is 0 Å². The Morgan fingerprint density at radius 1 is 1.28 bits per heavy atom. The molecule has 1 amide bonds.